The standard InChI is InChI=1S/C14H31NO2Si/c1-11(10-16)12-7-8-15-9-13(12)17-18(5,6)14(2,3)4/h11-13,15-16H,7-10H2,1-6H3/t11?,12-,13+/m0/s1. The van der Waals surface area contributed by atoms with Crippen LogP contribution in [0.4, 0.5) is 0 Å². The second-order valence-electron chi connectivity index (χ2n) is 7.23. The minimum absolute atomic E-state index is 0.247. The Morgan fingerprint density at radius 3 is 2.50 bits per heavy atom. The van der Waals surface area contributed by atoms with Crippen LogP contribution >= 0.6 is 0 Å². The lowest BCUT2D eigenvalue weighted by Crippen LogP contribution is -2.52. The highest BCUT2D eigenvalue weighted by Crippen LogP contribution is 2.39. The molecule has 2 N–H and O–H groups in total. The Hall–Kier alpha value is 0.0969. The van der Waals surface area contributed by atoms with Gasteiger partial charge in [0, 0.05) is 13.2 Å². The molecule has 0 aromatic carbocycles. The molecule has 3 atom stereocenters. The fourth-order valence-electron chi connectivity index (χ4n) is 2.32. The van der Waals surface area contributed by atoms with Gasteiger partial charge >= 0.3 is 0 Å². The van der Waals surface area contributed by atoms with Crippen LogP contribution in [0.2, 0.25) is 18.1 Å². The third-order valence-electron chi connectivity index (χ3n) is 4.75. The highest BCUT2D eigenvalue weighted by molar-refractivity contribution is 6.74. The van der Waals surface area contributed by atoms with E-state index < -0.39 is 8.32 Å². The topological polar surface area (TPSA) is 41.5 Å². The van der Waals surface area contributed by atoms with Crippen molar-refractivity contribution in [2.75, 3.05) is 19.7 Å². The van der Waals surface area contributed by atoms with Gasteiger partial charge in [-0.15, -0.1) is 0 Å². The lowest BCUT2D eigenvalue weighted by atomic mass is 9.84. The van der Waals surface area contributed by atoms with E-state index in [4.69, 9.17) is 4.43 Å². The Bertz CT molecular complexity index is 263. The van der Waals surface area contributed by atoms with Crippen molar-refractivity contribution in [1.29, 1.82) is 0 Å². The number of hydrogen-bond acceptors (Lipinski definition) is 3. The highest BCUT2D eigenvalue weighted by atomic mass is 28.4. The molecule has 18 heavy (non-hydrogen) atoms. The molecule has 0 bridgehead atoms. The van der Waals surface area contributed by atoms with Gasteiger partial charge in [0.05, 0.1) is 6.10 Å². The quantitative estimate of drug-likeness (QED) is 0.774. The molecule has 0 aromatic heterocycles. The zero-order valence-corrected chi connectivity index (χ0v) is 13.9. The van der Waals surface area contributed by atoms with E-state index in [0.29, 0.717) is 11.8 Å². The van der Waals surface area contributed by atoms with E-state index in [2.05, 4.69) is 46.1 Å². The molecule has 1 heterocycles. The molecule has 1 fully saturated rings. The summed E-state index contributed by atoms with van der Waals surface area (Å²) in [6.07, 6.45) is 1.38. The van der Waals surface area contributed by atoms with Crippen LogP contribution in [0.3, 0.4) is 0 Å². The van der Waals surface area contributed by atoms with Gasteiger partial charge in [0.2, 0.25) is 0 Å². The van der Waals surface area contributed by atoms with Gasteiger partial charge in [-0.25, -0.2) is 0 Å². The molecule has 0 amide bonds. The van der Waals surface area contributed by atoms with Gasteiger partial charge < -0.3 is 14.8 Å². The second-order valence-corrected chi connectivity index (χ2v) is 12.0. The molecule has 0 aliphatic carbocycles. The van der Waals surface area contributed by atoms with Gasteiger partial charge in [0.25, 0.3) is 0 Å². The molecule has 3 nitrogen and oxygen atoms in total. The third kappa shape index (κ3) is 3.79. The van der Waals surface area contributed by atoms with Crippen LogP contribution in [-0.2, 0) is 4.43 Å². The molecule has 1 unspecified atom stereocenters. The van der Waals surface area contributed by atoms with Gasteiger partial charge in [0.1, 0.15) is 0 Å². The van der Waals surface area contributed by atoms with Crippen LogP contribution in [0, 0.1) is 11.8 Å². The van der Waals surface area contributed by atoms with Gasteiger partial charge in [0.15, 0.2) is 8.32 Å². The predicted octanol–water partition coefficient (Wildman–Crippen LogP) is 2.61. The normalized spacial score (nSPS) is 28.2. The number of hydrogen-bond donors (Lipinski definition) is 2. The van der Waals surface area contributed by atoms with E-state index in [9.17, 15) is 5.11 Å². The predicted molar refractivity (Wildman–Crippen MR) is 79.3 cm³/mol. The van der Waals surface area contributed by atoms with Crippen molar-refractivity contribution in [1.82, 2.24) is 5.32 Å². The Kier molecular flexibility index (Phi) is 5.41. The summed E-state index contributed by atoms with van der Waals surface area (Å²) in [4.78, 5) is 0. The first kappa shape index (κ1) is 16.2. The van der Waals surface area contributed by atoms with Crippen molar-refractivity contribution >= 4 is 8.32 Å². The first-order valence-corrected chi connectivity index (χ1v) is 10.1. The SMILES string of the molecule is CC(CO)[C@@H]1CCNC[C@H]1O[Si](C)(C)C(C)(C)C. The first-order valence-electron chi connectivity index (χ1n) is 7.18. The average molecular weight is 273 g/mol. The lowest BCUT2D eigenvalue weighted by Gasteiger charge is -2.44. The molecule has 1 aliphatic rings. The minimum atomic E-state index is -1.71. The van der Waals surface area contributed by atoms with Crippen molar-refractivity contribution in [3.05, 3.63) is 0 Å². The molecular formula is C14H31NO2Si. The summed E-state index contributed by atoms with van der Waals surface area (Å²) in [6.45, 7) is 15.8. The van der Waals surface area contributed by atoms with Crippen LogP contribution in [0.25, 0.3) is 0 Å². The van der Waals surface area contributed by atoms with E-state index in [0.717, 1.165) is 19.5 Å². The van der Waals surface area contributed by atoms with Crippen molar-refractivity contribution in [3.63, 3.8) is 0 Å². The number of aliphatic hydroxyl groups is 1. The van der Waals surface area contributed by atoms with Crippen LogP contribution in [0.1, 0.15) is 34.1 Å². The zero-order chi connectivity index (χ0) is 14.0. The molecule has 0 saturated carbocycles. The maximum absolute atomic E-state index is 9.40. The Balaban J connectivity index is 2.73. The lowest BCUT2D eigenvalue weighted by molar-refractivity contribution is 0.0415. The summed E-state index contributed by atoms with van der Waals surface area (Å²) in [6, 6.07) is 0. The fourth-order valence-corrected chi connectivity index (χ4v) is 3.69. The maximum Gasteiger partial charge on any atom is 0.192 e. The Labute approximate surface area is 113 Å². The summed E-state index contributed by atoms with van der Waals surface area (Å²) < 4.78 is 6.54. The Morgan fingerprint density at radius 1 is 1.39 bits per heavy atom. The van der Waals surface area contributed by atoms with E-state index in [1.54, 1.807) is 0 Å². The maximum atomic E-state index is 9.40. The molecular weight excluding hydrogens is 242 g/mol. The summed E-state index contributed by atoms with van der Waals surface area (Å²) in [5, 5.41) is 13.1. The first-order chi connectivity index (χ1) is 8.19. The summed E-state index contributed by atoms with van der Waals surface area (Å²) in [7, 11) is -1.71. The number of nitrogens with one attached hydrogen (secondary N) is 1. The minimum Gasteiger partial charge on any atom is -0.412 e. The zero-order valence-electron chi connectivity index (χ0n) is 12.9. The van der Waals surface area contributed by atoms with Crippen molar-refractivity contribution in [3.8, 4) is 0 Å². The molecule has 1 aliphatic heterocycles. The van der Waals surface area contributed by atoms with Crippen LogP contribution in [0.15, 0.2) is 0 Å². The van der Waals surface area contributed by atoms with E-state index >= 15 is 0 Å². The molecule has 1 saturated heterocycles. The molecule has 0 spiro atoms. The number of aliphatic hydroxyl groups excluding tert-OH is 1. The smallest absolute Gasteiger partial charge is 0.192 e. The van der Waals surface area contributed by atoms with Gasteiger partial charge in [-0.1, -0.05) is 27.7 Å². The molecule has 0 aromatic rings. The summed E-state index contributed by atoms with van der Waals surface area (Å²) >= 11 is 0. The Morgan fingerprint density at radius 2 is 2.00 bits per heavy atom. The van der Waals surface area contributed by atoms with Gasteiger partial charge in [-0.05, 0) is 42.9 Å². The molecule has 0 radical (unpaired) electrons. The number of piperidine rings is 1. The van der Waals surface area contributed by atoms with Crippen molar-refractivity contribution in [2.45, 2.75) is 58.4 Å². The average Bonchev–Trinajstić information content (AvgIpc) is 2.26. The van der Waals surface area contributed by atoms with Crippen molar-refractivity contribution < 1.29 is 9.53 Å². The van der Waals surface area contributed by atoms with Gasteiger partial charge in [-0.3, -0.25) is 0 Å². The molecule has 4 heteroatoms. The molecule has 1 rings (SSSR count). The monoisotopic (exact) mass is 273 g/mol. The van der Waals surface area contributed by atoms with Crippen LogP contribution < -0.4 is 5.32 Å². The van der Waals surface area contributed by atoms with E-state index in [1.165, 1.54) is 0 Å². The largest absolute Gasteiger partial charge is 0.412 e. The van der Waals surface area contributed by atoms with Crippen molar-refractivity contribution in [2.24, 2.45) is 11.8 Å². The number of rotatable bonds is 4. The highest BCUT2D eigenvalue weighted by Gasteiger charge is 2.42. The van der Waals surface area contributed by atoms with Crippen LogP contribution in [0.5, 0.6) is 0 Å². The van der Waals surface area contributed by atoms with E-state index in [-0.39, 0.29) is 17.7 Å². The van der Waals surface area contributed by atoms with Crippen LogP contribution in [-0.4, -0.2) is 39.2 Å². The third-order valence-corrected chi connectivity index (χ3v) is 9.25. The summed E-state index contributed by atoms with van der Waals surface area (Å²) in [5.41, 5.74) is 0. The van der Waals surface area contributed by atoms with E-state index in [1.807, 2.05) is 0 Å². The van der Waals surface area contributed by atoms with Gasteiger partial charge in [-0.2, -0.15) is 0 Å². The fraction of sp³-hybridized carbons (Fsp3) is 1.00. The second kappa shape index (κ2) is 6.03. The molecule has 108 valence electrons. The summed E-state index contributed by atoms with van der Waals surface area (Å²) in [5.74, 6) is 0.826.